The van der Waals surface area contributed by atoms with Gasteiger partial charge in [-0.3, -0.25) is 0 Å². The van der Waals surface area contributed by atoms with Crippen LogP contribution >= 0.6 is 0 Å². The third-order valence-electron chi connectivity index (χ3n) is 4.85. The van der Waals surface area contributed by atoms with Gasteiger partial charge in [0.15, 0.2) is 0 Å². The summed E-state index contributed by atoms with van der Waals surface area (Å²) in [6, 6.07) is 5.30. The molecule has 0 bridgehead atoms. The molecule has 0 spiro atoms. The van der Waals surface area contributed by atoms with Gasteiger partial charge in [-0.2, -0.15) is 26.3 Å². The molecule has 0 atom stereocenters. The van der Waals surface area contributed by atoms with Crippen LogP contribution in [0.25, 0.3) is 0 Å². The smallest absolute Gasteiger partial charge is 0.439 e. The van der Waals surface area contributed by atoms with Crippen molar-refractivity contribution in [2.45, 2.75) is 29.8 Å². The Morgan fingerprint density at radius 2 is 1.65 bits per heavy atom. The van der Waals surface area contributed by atoms with E-state index in [1.807, 2.05) is 0 Å². The summed E-state index contributed by atoms with van der Waals surface area (Å²) in [4.78, 5) is 16.5. The van der Waals surface area contributed by atoms with E-state index in [1.54, 1.807) is 0 Å². The molecular weight excluding hydrogens is 492 g/mol. The summed E-state index contributed by atoms with van der Waals surface area (Å²) in [5.74, 6) is 0.189. The van der Waals surface area contributed by atoms with Crippen LogP contribution in [0.2, 0.25) is 0 Å². The number of hydrogen-bond donors (Lipinski definition) is 0. The van der Waals surface area contributed by atoms with Crippen molar-refractivity contribution in [3.8, 4) is 11.6 Å². The van der Waals surface area contributed by atoms with Gasteiger partial charge < -0.3 is 9.64 Å². The highest BCUT2D eigenvalue weighted by molar-refractivity contribution is 7.92. The van der Waals surface area contributed by atoms with Crippen molar-refractivity contribution in [1.29, 1.82) is 0 Å². The van der Waals surface area contributed by atoms with Crippen LogP contribution in [-0.2, 0) is 29.0 Å². The van der Waals surface area contributed by atoms with Crippen molar-refractivity contribution in [2.75, 3.05) is 11.4 Å². The first-order valence-corrected chi connectivity index (χ1v) is 10.9. The molecule has 0 fully saturated rings. The maximum Gasteiger partial charge on any atom is 0.505 e. The first-order valence-electron chi connectivity index (χ1n) is 9.43. The van der Waals surface area contributed by atoms with E-state index in [0.29, 0.717) is 11.3 Å². The lowest BCUT2D eigenvalue weighted by atomic mass is 10.1. The van der Waals surface area contributed by atoms with Crippen molar-refractivity contribution in [3.63, 3.8) is 0 Å². The fourth-order valence-corrected chi connectivity index (χ4v) is 3.79. The monoisotopic (exact) mass is 505 g/mol. The molecular formula is C19H13F6N5O3S. The summed E-state index contributed by atoms with van der Waals surface area (Å²) in [6.45, 7) is 0.246. The van der Waals surface area contributed by atoms with Crippen LogP contribution in [0.5, 0.6) is 11.6 Å². The second-order valence-corrected chi connectivity index (χ2v) is 8.88. The van der Waals surface area contributed by atoms with Crippen molar-refractivity contribution >= 4 is 15.7 Å². The van der Waals surface area contributed by atoms with Crippen molar-refractivity contribution < 1.29 is 39.5 Å². The molecule has 0 unspecified atom stereocenters. The van der Waals surface area contributed by atoms with E-state index >= 15 is 0 Å². The largest absolute Gasteiger partial charge is 0.505 e. The molecule has 4 rings (SSSR count). The predicted octanol–water partition coefficient (Wildman–Crippen LogP) is 3.93. The van der Waals surface area contributed by atoms with Crippen LogP contribution < -0.4 is 9.64 Å². The number of alkyl halides is 6. The number of anilines is 1. The highest BCUT2D eigenvalue weighted by Crippen LogP contribution is 2.34. The Morgan fingerprint density at radius 1 is 0.941 bits per heavy atom. The summed E-state index contributed by atoms with van der Waals surface area (Å²) in [6.07, 6.45) is -2.16. The second-order valence-electron chi connectivity index (χ2n) is 7.05. The molecule has 1 aliphatic heterocycles. The molecule has 0 amide bonds. The minimum Gasteiger partial charge on any atom is -0.439 e. The minimum atomic E-state index is -5.72. The van der Waals surface area contributed by atoms with Gasteiger partial charge in [0.25, 0.3) is 5.16 Å². The van der Waals surface area contributed by atoms with Gasteiger partial charge in [0.2, 0.25) is 5.88 Å². The van der Waals surface area contributed by atoms with Gasteiger partial charge in [0.1, 0.15) is 17.9 Å². The SMILES string of the molecule is O=S(=O)(c1nccc(N2CCc3c(ncnc3Oc3ccc(C(F)(F)F)cc3)C2)n1)C(F)(F)F. The number of halogens is 6. The summed E-state index contributed by atoms with van der Waals surface area (Å²) < 4.78 is 106. The summed E-state index contributed by atoms with van der Waals surface area (Å²) in [5.41, 5.74) is -5.40. The number of hydrogen-bond acceptors (Lipinski definition) is 8. The molecule has 3 heterocycles. The third kappa shape index (κ3) is 4.60. The molecule has 1 aromatic carbocycles. The van der Waals surface area contributed by atoms with Gasteiger partial charge in [-0.05, 0) is 36.8 Å². The first-order chi connectivity index (χ1) is 15.9. The molecule has 3 aromatic rings. The summed E-state index contributed by atoms with van der Waals surface area (Å²) in [7, 11) is -5.72. The number of aromatic nitrogens is 4. The summed E-state index contributed by atoms with van der Waals surface area (Å²) in [5, 5.41) is -1.36. The van der Waals surface area contributed by atoms with Gasteiger partial charge in [-0.1, -0.05) is 0 Å². The molecule has 34 heavy (non-hydrogen) atoms. The highest BCUT2D eigenvalue weighted by Gasteiger charge is 2.49. The van der Waals surface area contributed by atoms with Crippen molar-refractivity contribution in [3.05, 3.63) is 59.7 Å². The normalized spacial score (nSPS) is 14.6. The number of sulfone groups is 1. The highest BCUT2D eigenvalue weighted by atomic mass is 32.2. The summed E-state index contributed by atoms with van der Waals surface area (Å²) >= 11 is 0. The molecule has 8 nitrogen and oxygen atoms in total. The fraction of sp³-hybridized carbons (Fsp3) is 0.263. The van der Waals surface area contributed by atoms with Gasteiger partial charge >= 0.3 is 21.5 Å². The van der Waals surface area contributed by atoms with Gasteiger partial charge in [0, 0.05) is 18.3 Å². The molecule has 0 N–H and O–H groups in total. The molecule has 0 radical (unpaired) electrons. The van der Waals surface area contributed by atoms with E-state index in [4.69, 9.17) is 4.74 Å². The zero-order valence-corrected chi connectivity index (χ0v) is 17.6. The Kier molecular flexibility index (Phi) is 5.83. The van der Waals surface area contributed by atoms with Gasteiger partial charge in [0.05, 0.1) is 17.8 Å². The quantitative estimate of drug-likeness (QED) is 0.389. The Labute approximate surface area is 188 Å². The maximum atomic E-state index is 12.8. The second kappa shape index (κ2) is 8.38. The van der Waals surface area contributed by atoms with Crippen molar-refractivity contribution in [2.24, 2.45) is 0 Å². The lowest BCUT2D eigenvalue weighted by Gasteiger charge is -2.29. The Morgan fingerprint density at radius 3 is 2.29 bits per heavy atom. The number of rotatable bonds is 4. The number of nitrogens with zero attached hydrogens (tertiary/aromatic N) is 5. The lowest BCUT2D eigenvalue weighted by Crippen LogP contribution is -2.33. The van der Waals surface area contributed by atoms with Crippen molar-refractivity contribution in [1.82, 2.24) is 19.9 Å². The number of fused-ring (bicyclic) bond motifs is 1. The van der Waals surface area contributed by atoms with Crippen LogP contribution in [0.15, 0.2) is 48.0 Å². The zero-order chi connectivity index (χ0) is 24.7. The topological polar surface area (TPSA) is 98.2 Å². The molecule has 1 aliphatic rings. The van der Waals surface area contributed by atoms with E-state index in [0.717, 1.165) is 30.5 Å². The molecule has 0 aliphatic carbocycles. The van der Waals surface area contributed by atoms with Crippen LogP contribution in [0, 0.1) is 0 Å². The Hall–Kier alpha value is -3.49. The van der Waals surface area contributed by atoms with Crippen LogP contribution in [0.4, 0.5) is 32.2 Å². The maximum absolute atomic E-state index is 12.8. The Bertz CT molecular complexity index is 1310. The van der Waals surface area contributed by atoms with E-state index in [1.165, 1.54) is 17.3 Å². The fourth-order valence-electron chi connectivity index (χ4n) is 3.17. The third-order valence-corrected chi connectivity index (χ3v) is 6.14. The molecule has 2 aromatic heterocycles. The number of ether oxygens (including phenoxy) is 1. The van der Waals surface area contributed by atoms with E-state index in [9.17, 15) is 34.8 Å². The molecule has 0 saturated heterocycles. The zero-order valence-electron chi connectivity index (χ0n) is 16.8. The van der Waals surface area contributed by atoms with E-state index < -0.39 is 32.2 Å². The molecule has 15 heteroatoms. The molecule has 180 valence electrons. The molecule has 0 saturated carbocycles. The van der Waals surface area contributed by atoms with E-state index in [-0.39, 0.29) is 37.0 Å². The first kappa shape index (κ1) is 23.7. The minimum absolute atomic E-state index is 0.0454. The van der Waals surface area contributed by atoms with Gasteiger partial charge in [-0.25, -0.2) is 28.4 Å². The van der Waals surface area contributed by atoms with Crippen LogP contribution in [-0.4, -0.2) is 40.4 Å². The Balaban J connectivity index is 1.56. The standard InChI is InChI=1S/C19H13F6N5O3S/c20-18(21,22)11-1-3-12(4-2-11)33-16-13-6-8-30(9-14(13)27-10-28-16)15-5-7-26-17(29-15)34(31,32)19(23,24)25/h1-5,7,10H,6,8-9H2. The van der Waals surface area contributed by atoms with Crippen LogP contribution in [0.1, 0.15) is 16.8 Å². The van der Waals surface area contributed by atoms with Gasteiger partial charge in [-0.15, -0.1) is 0 Å². The average Bonchev–Trinajstić information content (AvgIpc) is 2.78. The predicted molar refractivity (Wildman–Crippen MR) is 104 cm³/mol. The number of benzene rings is 1. The van der Waals surface area contributed by atoms with Crippen LogP contribution in [0.3, 0.4) is 0 Å². The average molecular weight is 505 g/mol. The lowest BCUT2D eigenvalue weighted by molar-refractivity contribution is -0.137. The van der Waals surface area contributed by atoms with E-state index in [2.05, 4.69) is 19.9 Å².